The van der Waals surface area contributed by atoms with E-state index < -0.39 is 0 Å². The van der Waals surface area contributed by atoms with Crippen LogP contribution in [-0.4, -0.2) is 6.54 Å². The van der Waals surface area contributed by atoms with Crippen LogP contribution in [0.3, 0.4) is 0 Å². The van der Waals surface area contributed by atoms with Crippen molar-refractivity contribution >= 4 is 17.3 Å². The number of hydrogen-bond acceptors (Lipinski definition) is 1. The smallest absolute Gasteiger partial charge is 0.0410 e. The Bertz CT molecular complexity index is 283. The third-order valence-corrected chi connectivity index (χ3v) is 2.38. The van der Waals surface area contributed by atoms with Gasteiger partial charge in [0.05, 0.1) is 0 Å². The van der Waals surface area contributed by atoms with E-state index in [0.29, 0.717) is 5.92 Å². The van der Waals surface area contributed by atoms with Gasteiger partial charge < -0.3 is 5.32 Å². The molecule has 1 aromatic carbocycles. The van der Waals surface area contributed by atoms with Crippen LogP contribution in [0.2, 0.25) is 5.02 Å². The van der Waals surface area contributed by atoms with E-state index in [1.807, 2.05) is 18.2 Å². The maximum atomic E-state index is 5.86. The van der Waals surface area contributed by atoms with E-state index in [1.165, 1.54) is 11.3 Å². The molecule has 1 aliphatic rings. The van der Waals surface area contributed by atoms with Gasteiger partial charge in [0.1, 0.15) is 0 Å². The number of benzene rings is 1. The number of anilines is 1. The highest BCUT2D eigenvalue weighted by atomic mass is 35.5. The van der Waals surface area contributed by atoms with Crippen molar-refractivity contribution in [2.75, 3.05) is 11.9 Å². The highest BCUT2D eigenvalue weighted by molar-refractivity contribution is 6.30. The lowest BCUT2D eigenvalue weighted by Crippen LogP contribution is -1.95. The van der Waals surface area contributed by atoms with Gasteiger partial charge in [0.25, 0.3) is 0 Å². The number of nitrogens with one attached hydrogen (secondary N) is 1. The maximum absolute atomic E-state index is 5.86. The summed E-state index contributed by atoms with van der Waals surface area (Å²) in [6.07, 6.45) is 0. The first-order valence-electron chi connectivity index (χ1n) is 3.80. The Kier molecular flexibility index (Phi) is 1.53. The topological polar surface area (TPSA) is 12.0 Å². The molecule has 1 heterocycles. The van der Waals surface area contributed by atoms with E-state index >= 15 is 0 Å². The largest absolute Gasteiger partial charge is 0.384 e. The third-order valence-electron chi connectivity index (χ3n) is 2.14. The van der Waals surface area contributed by atoms with Crippen LogP contribution in [0.4, 0.5) is 5.69 Å². The van der Waals surface area contributed by atoms with Crippen LogP contribution in [0.1, 0.15) is 18.4 Å². The van der Waals surface area contributed by atoms with Crippen LogP contribution in [0.5, 0.6) is 0 Å². The van der Waals surface area contributed by atoms with Crippen LogP contribution >= 0.6 is 11.6 Å². The van der Waals surface area contributed by atoms with Crippen LogP contribution in [0.25, 0.3) is 0 Å². The predicted molar refractivity (Wildman–Crippen MR) is 48.4 cm³/mol. The van der Waals surface area contributed by atoms with E-state index in [2.05, 4.69) is 12.2 Å². The normalized spacial score (nSPS) is 21.1. The molecule has 0 spiro atoms. The summed E-state index contributed by atoms with van der Waals surface area (Å²) >= 11 is 5.86. The van der Waals surface area contributed by atoms with Crippen molar-refractivity contribution in [3.63, 3.8) is 0 Å². The molecule has 0 radical (unpaired) electrons. The van der Waals surface area contributed by atoms with Gasteiger partial charge in [0.15, 0.2) is 0 Å². The molecule has 1 aromatic rings. The molecule has 2 rings (SSSR count). The zero-order valence-electron chi connectivity index (χ0n) is 6.39. The molecule has 0 aromatic heterocycles. The number of halogens is 1. The molecule has 0 aliphatic carbocycles. The Labute approximate surface area is 71.4 Å². The summed E-state index contributed by atoms with van der Waals surface area (Å²) in [4.78, 5) is 0. The molecule has 0 bridgehead atoms. The van der Waals surface area contributed by atoms with E-state index in [4.69, 9.17) is 11.6 Å². The first-order valence-corrected chi connectivity index (χ1v) is 4.18. The Balaban J connectivity index is 2.52. The molecule has 0 fully saturated rings. The molecule has 0 saturated heterocycles. The summed E-state index contributed by atoms with van der Waals surface area (Å²) < 4.78 is 0. The molecule has 11 heavy (non-hydrogen) atoms. The minimum atomic E-state index is 0.601. The molecule has 2 heteroatoms. The van der Waals surface area contributed by atoms with Gasteiger partial charge in [-0.3, -0.25) is 0 Å². The van der Waals surface area contributed by atoms with Crippen LogP contribution in [0.15, 0.2) is 18.2 Å². The minimum absolute atomic E-state index is 0.601. The minimum Gasteiger partial charge on any atom is -0.384 e. The molecular formula is C9H10ClN. The summed E-state index contributed by atoms with van der Waals surface area (Å²) in [5, 5.41) is 4.15. The predicted octanol–water partition coefficient (Wildman–Crippen LogP) is 2.87. The number of fused-ring (bicyclic) bond motifs is 1. The Hall–Kier alpha value is -0.690. The zero-order chi connectivity index (χ0) is 7.84. The molecule has 58 valence electrons. The quantitative estimate of drug-likeness (QED) is 0.627. The SMILES string of the molecule is CC1CNc2ccc(Cl)cc21. The summed E-state index contributed by atoms with van der Waals surface area (Å²) in [5.41, 5.74) is 2.58. The van der Waals surface area contributed by atoms with Crippen molar-refractivity contribution in [1.82, 2.24) is 0 Å². The number of hydrogen-bond donors (Lipinski definition) is 1. The summed E-state index contributed by atoms with van der Waals surface area (Å²) in [6.45, 7) is 3.24. The van der Waals surface area contributed by atoms with Gasteiger partial charge in [-0.1, -0.05) is 18.5 Å². The molecule has 1 unspecified atom stereocenters. The van der Waals surface area contributed by atoms with Crippen LogP contribution < -0.4 is 5.32 Å². The fourth-order valence-corrected chi connectivity index (χ4v) is 1.66. The Morgan fingerprint density at radius 2 is 2.36 bits per heavy atom. The average Bonchev–Trinajstić information content (AvgIpc) is 2.33. The molecule has 1 aliphatic heterocycles. The van der Waals surface area contributed by atoms with E-state index in [0.717, 1.165) is 11.6 Å². The van der Waals surface area contributed by atoms with Gasteiger partial charge in [-0.2, -0.15) is 0 Å². The second-order valence-corrected chi connectivity index (χ2v) is 3.45. The molecular weight excluding hydrogens is 158 g/mol. The van der Waals surface area contributed by atoms with Crippen molar-refractivity contribution < 1.29 is 0 Å². The van der Waals surface area contributed by atoms with Gasteiger partial charge in [-0.05, 0) is 23.8 Å². The maximum Gasteiger partial charge on any atom is 0.0410 e. The van der Waals surface area contributed by atoms with Crippen molar-refractivity contribution in [2.45, 2.75) is 12.8 Å². The van der Waals surface area contributed by atoms with Crippen LogP contribution in [0, 0.1) is 0 Å². The summed E-state index contributed by atoms with van der Waals surface area (Å²) in [6, 6.07) is 6.01. The van der Waals surface area contributed by atoms with Crippen LogP contribution in [-0.2, 0) is 0 Å². The Morgan fingerprint density at radius 1 is 1.55 bits per heavy atom. The second kappa shape index (κ2) is 2.42. The lowest BCUT2D eigenvalue weighted by atomic mass is 10.0. The molecule has 1 atom stereocenters. The fraction of sp³-hybridized carbons (Fsp3) is 0.333. The van der Waals surface area contributed by atoms with E-state index in [9.17, 15) is 0 Å². The first-order chi connectivity index (χ1) is 5.27. The highest BCUT2D eigenvalue weighted by Crippen LogP contribution is 2.32. The average molecular weight is 168 g/mol. The van der Waals surface area contributed by atoms with Gasteiger partial charge in [-0.15, -0.1) is 0 Å². The lowest BCUT2D eigenvalue weighted by molar-refractivity contribution is 0.854. The third kappa shape index (κ3) is 1.10. The summed E-state index contributed by atoms with van der Waals surface area (Å²) in [5.74, 6) is 0.601. The first kappa shape index (κ1) is 6.99. The fourth-order valence-electron chi connectivity index (χ4n) is 1.48. The van der Waals surface area contributed by atoms with Gasteiger partial charge >= 0.3 is 0 Å². The number of rotatable bonds is 0. The zero-order valence-corrected chi connectivity index (χ0v) is 7.15. The Morgan fingerprint density at radius 3 is 3.18 bits per heavy atom. The van der Waals surface area contributed by atoms with E-state index in [-0.39, 0.29) is 0 Å². The summed E-state index contributed by atoms with van der Waals surface area (Å²) in [7, 11) is 0. The molecule has 0 saturated carbocycles. The second-order valence-electron chi connectivity index (χ2n) is 3.01. The van der Waals surface area contributed by atoms with Crippen molar-refractivity contribution in [3.8, 4) is 0 Å². The van der Waals surface area contributed by atoms with Gasteiger partial charge in [0, 0.05) is 23.2 Å². The van der Waals surface area contributed by atoms with Gasteiger partial charge in [-0.25, -0.2) is 0 Å². The standard InChI is InChI=1S/C9H10ClN/c1-6-5-11-9-3-2-7(10)4-8(6)9/h2-4,6,11H,5H2,1H3. The lowest BCUT2D eigenvalue weighted by Gasteiger charge is -2.01. The van der Waals surface area contributed by atoms with Crippen molar-refractivity contribution in [2.24, 2.45) is 0 Å². The molecule has 1 N–H and O–H groups in total. The molecule has 1 nitrogen and oxygen atoms in total. The van der Waals surface area contributed by atoms with Gasteiger partial charge in [0.2, 0.25) is 0 Å². The van der Waals surface area contributed by atoms with E-state index in [1.54, 1.807) is 0 Å². The van der Waals surface area contributed by atoms with Crippen molar-refractivity contribution in [3.05, 3.63) is 28.8 Å². The highest BCUT2D eigenvalue weighted by Gasteiger charge is 2.17. The monoisotopic (exact) mass is 167 g/mol. The molecule has 0 amide bonds. The van der Waals surface area contributed by atoms with Crippen molar-refractivity contribution in [1.29, 1.82) is 0 Å².